The summed E-state index contributed by atoms with van der Waals surface area (Å²) in [5, 5.41) is 12.2. The molecule has 0 saturated carbocycles. The van der Waals surface area contributed by atoms with Crippen molar-refractivity contribution in [3.63, 3.8) is 0 Å². The van der Waals surface area contributed by atoms with Crippen LogP contribution in [0.3, 0.4) is 0 Å². The molecule has 0 unspecified atom stereocenters. The Balaban J connectivity index is 1.71. The molecule has 2 heteroatoms. The Kier molecular flexibility index (Phi) is 5.13. The number of nitrogens with zero attached hydrogens (tertiary/aromatic N) is 1. The third-order valence-electron chi connectivity index (χ3n) is 7.20. The van der Waals surface area contributed by atoms with Crippen LogP contribution in [0.15, 0.2) is 48.5 Å². The van der Waals surface area contributed by atoms with E-state index in [9.17, 15) is 5.11 Å². The lowest BCUT2D eigenvalue weighted by Crippen LogP contribution is -2.50. The summed E-state index contributed by atoms with van der Waals surface area (Å²) in [5.41, 5.74) is 3.59. The van der Waals surface area contributed by atoms with Crippen molar-refractivity contribution in [1.29, 1.82) is 0 Å². The second kappa shape index (κ2) is 7.41. The standard InChI is InChI=1S/C25H33NO/c1-18-9-4-6-13-23(18)25(27,24-14-7-5-10-19(24)2)17-20-15-21-11-8-12-22(16-20)26(21)3/h4-7,9-10,13-14,20-22,27H,8,11-12,15-17H2,1-3H3/t20-,21+,22-. The maximum atomic E-state index is 12.2. The van der Waals surface area contributed by atoms with E-state index in [0.717, 1.165) is 17.5 Å². The normalized spacial score (nSPS) is 26.1. The molecule has 2 aliphatic rings. The van der Waals surface area contributed by atoms with E-state index < -0.39 is 5.60 Å². The first-order chi connectivity index (χ1) is 13.0. The number of aliphatic hydroxyl groups is 1. The first-order valence-corrected chi connectivity index (χ1v) is 10.6. The second-order valence-electron chi connectivity index (χ2n) is 8.94. The lowest BCUT2D eigenvalue weighted by atomic mass is 9.70. The Morgan fingerprint density at radius 2 is 1.37 bits per heavy atom. The number of rotatable bonds is 4. The fourth-order valence-corrected chi connectivity index (χ4v) is 5.75. The average molecular weight is 364 g/mol. The van der Waals surface area contributed by atoms with Crippen molar-refractivity contribution >= 4 is 0 Å². The van der Waals surface area contributed by atoms with Crippen molar-refractivity contribution in [2.45, 2.75) is 70.1 Å². The highest BCUT2D eigenvalue weighted by molar-refractivity contribution is 5.43. The maximum absolute atomic E-state index is 12.2. The number of hydrogen-bond acceptors (Lipinski definition) is 2. The molecule has 2 aromatic carbocycles. The van der Waals surface area contributed by atoms with Crippen LogP contribution in [0.2, 0.25) is 0 Å². The van der Waals surface area contributed by atoms with Gasteiger partial charge in [0, 0.05) is 12.1 Å². The smallest absolute Gasteiger partial charge is 0.115 e. The molecule has 2 saturated heterocycles. The van der Waals surface area contributed by atoms with E-state index in [1.165, 1.54) is 43.2 Å². The summed E-state index contributed by atoms with van der Waals surface area (Å²) >= 11 is 0. The predicted molar refractivity (Wildman–Crippen MR) is 112 cm³/mol. The Bertz CT molecular complexity index is 739. The molecular weight excluding hydrogens is 330 g/mol. The molecule has 2 fully saturated rings. The van der Waals surface area contributed by atoms with Crippen LogP contribution in [0.4, 0.5) is 0 Å². The fraction of sp³-hybridized carbons (Fsp3) is 0.520. The third-order valence-corrected chi connectivity index (χ3v) is 7.20. The number of aryl methyl sites for hydroxylation is 2. The first-order valence-electron chi connectivity index (χ1n) is 10.6. The molecule has 0 radical (unpaired) electrons. The Hall–Kier alpha value is -1.64. The Labute approximate surface area is 164 Å². The van der Waals surface area contributed by atoms with E-state index in [1.54, 1.807) is 0 Å². The molecule has 2 aromatic rings. The summed E-state index contributed by atoms with van der Waals surface area (Å²) in [6.45, 7) is 4.25. The summed E-state index contributed by atoms with van der Waals surface area (Å²) in [6, 6.07) is 18.2. The van der Waals surface area contributed by atoms with Gasteiger partial charge in [-0.05, 0) is 81.2 Å². The summed E-state index contributed by atoms with van der Waals surface area (Å²) in [6.07, 6.45) is 7.25. The number of piperidine rings is 2. The number of hydrogen-bond donors (Lipinski definition) is 1. The van der Waals surface area contributed by atoms with Gasteiger partial charge in [0.1, 0.15) is 5.60 Å². The van der Waals surface area contributed by atoms with Crippen LogP contribution in [-0.4, -0.2) is 29.1 Å². The zero-order valence-electron chi connectivity index (χ0n) is 17.0. The van der Waals surface area contributed by atoms with Gasteiger partial charge in [0.15, 0.2) is 0 Å². The topological polar surface area (TPSA) is 23.5 Å². The zero-order valence-corrected chi connectivity index (χ0v) is 17.0. The number of benzene rings is 2. The van der Waals surface area contributed by atoms with Crippen LogP contribution in [-0.2, 0) is 5.60 Å². The fourth-order valence-electron chi connectivity index (χ4n) is 5.75. The van der Waals surface area contributed by atoms with Gasteiger partial charge in [0.2, 0.25) is 0 Å². The molecule has 144 valence electrons. The quantitative estimate of drug-likeness (QED) is 0.808. The molecule has 0 amide bonds. The van der Waals surface area contributed by atoms with Gasteiger partial charge in [0.25, 0.3) is 0 Å². The van der Waals surface area contributed by atoms with Crippen LogP contribution >= 0.6 is 0 Å². The molecule has 4 rings (SSSR count). The van der Waals surface area contributed by atoms with Crippen molar-refractivity contribution in [3.05, 3.63) is 70.8 Å². The van der Waals surface area contributed by atoms with Crippen molar-refractivity contribution in [2.24, 2.45) is 5.92 Å². The largest absolute Gasteiger partial charge is 0.380 e. The highest BCUT2D eigenvalue weighted by Crippen LogP contribution is 2.44. The molecule has 2 aliphatic heterocycles. The van der Waals surface area contributed by atoms with E-state index in [-0.39, 0.29) is 0 Å². The van der Waals surface area contributed by atoms with Crippen LogP contribution < -0.4 is 0 Å². The van der Waals surface area contributed by atoms with Gasteiger partial charge in [-0.1, -0.05) is 55.0 Å². The van der Waals surface area contributed by atoms with Crippen LogP contribution in [0.5, 0.6) is 0 Å². The van der Waals surface area contributed by atoms with E-state index in [4.69, 9.17) is 0 Å². The molecule has 27 heavy (non-hydrogen) atoms. The summed E-state index contributed by atoms with van der Waals surface area (Å²) < 4.78 is 0. The average Bonchev–Trinajstić information content (AvgIpc) is 2.63. The molecule has 2 nitrogen and oxygen atoms in total. The highest BCUT2D eigenvalue weighted by Gasteiger charge is 2.42. The minimum atomic E-state index is -0.911. The number of fused-ring (bicyclic) bond motifs is 2. The van der Waals surface area contributed by atoms with Gasteiger partial charge in [-0.15, -0.1) is 0 Å². The van der Waals surface area contributed by atoms with Gasteiger partial charge in [-0.2, -0.15) is 0 Å². The van der Waals surface area contributed by atoms with Gasteiger partial charge < -0.3 is 10.0 Å². The SMILES string of the molecule is Cc1ccccc1C(O)(C[C@H]1C[C@H]2CCC[C@@H](C1)N2C)c1ccccc1C. The van der Waals surface area contributed by atoms with Crippen molar-refractivity contribution in [3.8, 4) is 0 Å². The molecule has 2 heterocycles. The van der Waals surface area contributed by atoms with E-state index >= 15 is 0 Å². The highest BCUT2D eigenvalue weighted by atomic mass is 16.3. The molecular formula is C25H33NO. The monoisotopic (exact) mass is 363 g/mol. The second-order valence-corrected chi connectivity index (χ2v) is 8.94. The van der Waals surface area contributed by atoms with Crippen LogP contribution in [0, 0.1) is 19.8 Å². The zero-order chi connectivity index (χ0) is 19.0. The summed E-state index contributed by atoms with van der Waals surface area (Å²) in [7, 11) is 2.31. The molecule has 3 atom stereocenters. The van der Waals surface area contributed by atoms with Crippen LogP contribution in [0.25, 0.3) is 0 Å². The van der Waals surface area contributed by atoms with Gasteiger partial charge in [-0.3, -0.25) is 0 Å². The van der Waals surface area contributed by atoms with Crippen molar-refractivity contribution < 1.29 is 5.11 Å². The Morgan fingerprint density at radius 3 is 1.85 bits per heavy atom. The summed E-state index contributed by atoms with van der Waals surface area (Å²) in [4.78, 5) is 2.61. The van der Waals surface area contributed by atoms with Gasteiger partial charge in [-0.25, -0.2) is 0 Å². The predicted octanol–water partition coefficient (Wildman–Crippen LogP) is 5.19. The summed E-state index contributed by atoms with van der Waals surface area (Å²) in [5.74, 6) is 0.570. The lowest BCUT2D eigenvalue weighted by molar-refractivity contribution is -0.00679. The first kappa shape index (κ1) is 18.7. The molecule has 2 bridgehead atoms. The molecule has 1 N–H and O–H groups in total. The van der Waals surface area contributed by atoms with E-state index in [2.05, 4.69) is 74.3 Å². The minimum Gasteiger partial charge on any atom is -0.380 e. The van der Waals surface area contributed by atoms with Gasteiger partial charge >= 0.3 is 0 Å². The molecule has 0 aliphatic carbocycles. The Morgan fingerprint density at radius 1 is 0.889 bits per heavy atom. The minimum absolute atomic E-state index is 0.570. The maximum Gasteiger partial charge on any atom is 0.115 e. The third kappa shape index (κ3) is 3.46. The van der Waals surface area contributed by atoms with Crippen LogP contribution in [0.1, 0.15) is 60.8 Å². The van der Waals surface area contributed by atoms with Crippen molar-refractivity contribution in [2.75, 3.05) is 7.05 Å². The van der Waals surface area contributed by atoms with Crippen molar-refractivity contribution in [1.82, 2.24) is 4.90 Å². The lowest BCUT2D eigenvalue weighted by Gasteiger charge is -2.48. The van der Waals surface area contributed by atoms with E-state index in [1.807, 2.05) is 0 Å². The van der Waals surface area contributed by atoms with Gasteiger partial charge in [0.05, 0.1) is 0 Å². The van der Waals surface area contributed by atoms with E-state index in [0.29, 0.717) is 18.0 Å². The molecule has 0 spiro atoms. The molecule has 0 aromatic heterocycles.